The molecule has 0 aliphatic heterocycles. The second kappa shape index (κ2) is 5.09. The van der Waals surface area contributed by atoms with Crippen LogP contribution in [0.15, 0.2) is 6.20 Å². The molecule has 1 aromatic rings. The second-order valence-corrected chi connectivity index (χ2v) is 5.34. The maximum absolute atomic E-state index is 6.22. The minimum atomic E-state index is -0.136. The van der Waals surface area contributed by atoms with Gasteiger partial charge < -0.3 is 5.73 Å². The highest BCUT2D eigenvalue weighted by atomic mass is 35.5. The molecular formula is C11H13Cl3N2. The summed E-state index contributed by atoms with van der Waals surface area (Å²) in [5.74, 6) is 0.452. The van der Waals surface area contributed by atoms with E-state index in [1.807, 2.05) is 0 Å². The van der Waals surface area contributed by atoms with Gasteiger partial charge in [0.15, 0.2) is 0 Å². The van der Waals surface area contributed by atoms with Gasteiger partial charge in [-0.15, -0.1) is 0 Å². The lowest BCUT2D eigenvalue weighted by atomic mass is 9.93. The number of hydrogen-bond acceptors (Lipinski definition) is 2. The van der Waals surface area contributed by atoms with Crippen molar-refractivity contribution in [3.63, 3.8) is 0 Å². The summed E-state index contributed by atoms with van der Waals surface area (Å²) in [7, 11) is 0. The standard InChI is InChI=1S/C11H13Cl3N2/c12-7-5-16-11(14)9(13)8(7)10(15)6-3-1-2-4-6/h5-6,10H,1-4,15H2/t10-/m1/s1. The van der Waals surface area contributed by atoms with Crippen molar-refractivity contribution in [2.45, 2.75) is 31.7 Å². The topological polar surface area (TPSA) is 38.9 Å². The van der Waals surface area contributed by atoms with E-state index in [1.54, 1.807) is 0 Å². The fourth-order valence-electron chi connectivity index (χ4n) is 2.31. The van der Waals surface area contributed by atoms with Crippen molar-refractivity contribution in [3.8, 4) is 0 Å². The molecule has 0 spiro atoms. The van der Waals surface area contributed by atoms with E-state index < -0.39 is 0 Å². The largest absolute Gasteiger partial charge is 0.324 e. The Morgan fingerprint density at radius 3 is 2.50 bits per heavy atom. The van der Waals surface area contributed by atoms with E-state index in [-0.39, 0.29) is 11.2 Å². The molecule has 2 rings (SSSR count). The fraction of sp³-hybridized carbons (Fsp3) is 0.545. The molecule has 0 aromatic carbocycles. The first-order chi connectivity index (χ1) is 7.61. The predicted octanol–water partition coefficient (Wildman–Crippen LogP) is 4.23. The maximum atomic E-state index is 6.22. The van der Waals surface area contributed by atoms with Gasteiger partial charge in [-0.25, -0.2) is 4.98 Å². The predicted molar refractivity (Wildman–Crippen MR) is 68.2 cm³/mol. The first kappa shape index (κ1) is 12.4. The highest BCUT2D eigenvalue weighted by molar-refractivity contribution is 6.43. The third-order valence-corrected chi connectivity index (χ3v) is 4.27. The molecule has 1 fully saturated rings. The Balaban J connectivity index is 2.34. The Morgan fingerprint density at radius 1 is 1.25 bits per heavy atom. The lowest BCUT2D eigenvalue weighted by Gasteiger charge is -2.21. The maximum Gasteiger partial charge on any atom is 0.148 e. The molecular weight excluding hydrogens is 266 g/mol. The number of halogens is 3. The van der Waals surface area contributed by atoms with Crippen LogP contribution in [0, 0.1) is 5.92 Å². The van der Waals surface area contributed by atoms with Crippen molar-refractivity contribution >= 4 is 34.8 Å². The Morgan fingerprint density at radius 2 is 1.88 bits per heavy atom. The Hall–Kier alpha value is -0.0200. The first-order valence-electron chi connectivity index (χ1n) is 5.36. The highest BCUT2D eigenvalue weighted by Gasteiger charge is 2.27. The van der Waals surface area contributed by atoms with Crippen molar-refractivity contribution in [1.82, 2.24) is 4.98 Å². The van der Waals surface area contributed by atoms with Gasteiger partial charge in [0.25, 0.3) is 0 Å². The second-order valence-electron chi connectivity index (χ2n) is 4.19. The van der Waals surface area contributed by atoms with Crippen LogP contribution in [-0.2, 0) is 0 Å². The van der Waals surface area contributed by atoms with E-state index in [1.165, 1.54) is 19.0 Å². The summed E-state index contributed by atoms with van der Waals surface area (Å²) in [6.07, 6.45) is 6.24. The van der Waals surface area contributed by atoms with Crippen LogP contribution in [-0.4, -0.2) is 4.98 Å². The van der Waals surface area contributed by atoms with Gasteiger partial charge in [-0.05, 0) is 18.8 Å². The monoisotopic (exact) mass is 278 g/mol. The summed E-state index contributed by atoms with van der Waals surface area (Å²) in [4.78, 5) is 3.89. The molecule has 1 aromatic heterocycles. The molecule has 1 atom stereocenters. The number of pyridine rings is 1. The molecule has 2 nitrogen and oxygen atoms in total. The zero-order valence-corrected chi connectivity index (χ0v) is 11.0. The van der Waals surface area contributed by atoms with E-state index in [0.717, 1.165) is 18.4 Å². The SMILES string of the molecule is N[C@@H](c1c(Cl)cnc(Cl)c1Cl)C1CCCC1. The minimum Gasteiger partial charge on any atom is -0.324 e. The first-order valence-corrected chi connectivity index (χ1v) is 6.49. The Bertz CT molecular complexity index is 389. The average molecular weight is 280 g/mol. The van der Waals surface area contributed by atoms with E-state index in [0.29, 0.717) is 16.0 Å². The summed E-state index contributed by atoms with van der Waals surface area (Å²) in [5.41, 5.74) is 6.96. The zero-order valence-electron chi connectivity index (χ0n) is 8.72. The molecule has 0 amide bonds. The van der Waals surface area contributed by atoms with Crippen LogP contribution in [0.2, 0.25) is 15.2 Å². The number of hydrogen-bond donors (Lipinski definition) is 1. The van der Waals surface area contributed by atoms with Crippen molar-refractivity contribution < 1.29 is 0 Å². The smallest absolute Gasteiger partial charge is 0.148 e. The van der Waals surface area contributed by atoms with Gasteiger partial charge in [0.2, 0.25) is 0 Å². The van der Waals surface area contributed by atoms with Crippen LogP contribution in [0.5, 0.6) is 0 Å². The third kappa shape index (κ3) is 2.30. The summed E-state index contributed by atoms with van der Waals surface area (Å²) in [6.45, 7) is 0. The van der Waals surface area contributed by atoms with Crippen LogP contribution in [0.3, 0.4) is 0 Å². The molecule has 1 saturated carbocycles. The molecule has 16 heavy (non-hydrogen) atoms. The molecule has 0 bridgehead atoms. The van der Waals surface area contributed by atoms with Gasteiger partial charge in [-0.3, -0.25) is 0 Å². The van der Waals surface area contributed by atoms with Crippen LogP contribution < -0.4 is 5.73 Å². The number of nitrogens with two attached hydrogens (primary N) is 1. The van der Waals surface area contributed by atoms with Crippen LogP contribution in [0.4, 0.5) is 0 Å². The third-order valence-electron chi connectivity index (χ3n) is 3.21. The van der Waals surface area contributed by atoms with Gasteiger partial charge in [-0.2, -0.15) is 0 Å². The average Bonchev–Trinajstić information content (AvgIpc) is 2.77. The quantitative estimate of drug-likeness (QED) is 0.823. The molecule has 1 heterocycles. The van der Waals surface area contributed by atoms with Crippen LogP contribution >= 0.6 is 34.8 Å². The van der Waals surface area contributed by atoms with E-state index in [9.17, 15) is 0 Å². The highest BCUT2D eigenvalue weighted by Crippen LogP contribution is 2.40. The molecule has 88 valence electrons. The zero-order chi connectivity index (χ0) is 11.7. The lowest BCUT2D eigenvalue weighted by Crippen LogP contribution is -2.20. The summed E-state index contributed by atoms with van der Waals surface area (Å²) in [5, 5.41) is 1.18. The number of rotatable bonds is 2. The normalized spacial score (nSPS) is 19.0. The Kier molecular flexibility index (Phi) is 3.96. The van der Waals surface area contributed by atoms with Gasteiger partial charge in [-0.1, -0.05) is 47.6 Å². The van der Waals surface area contributed by atoms with Gasteiger partial charge >= 0.3 is 0 Å². The van der Waals surface area contributed by atoms with E-state index >= 15 is 0 Å². The van der Waals surface area contributed by atoms with Crippen LogP contribution in [0.1, 0.15) is 37.3 Å². The number of nitrogens with zero attached hydrogens (tertiary/aromatic N) is 1. The molecule has 0 radical (unpaired) electrons. The van der Waals surface area contributed by atoms with Crippen molar-refractivity contribution in [2.24, 2.45) is 11.7 Å². The molecule has 0 saturated heterocycles. The van der Waals surface area contributed by atoms with Crippen LogP contribution in [0.25, 0.3) is 0 Å². The summed E-state index contributed by atoms with van der Waals surface area (Å²) >= 11 is 18.1. The molecule has 1 aliphatic rings. The molecule has 0 unspecified atom stereocenters. The van der Waals surface area contributed by atoms with Gasteiger partial charge in [0.1, 0.15) is 5.15 Å². The van der Waals surface area contributed by atoms with Crippen molar-refractivity contribution in [2.75, 3.05) is 0 Å². The van der Waals surface area contributed by atoms with E-state index in [2.05, 4.69) is 4.98 Å². The number of aromatic nitrogens is 1. The molecule has 1 aliphatic carbocycles. The molecule has 2 N–H and O–H groups in total. The summed E-state index contributed by atoms with van der Waals surface area (Å²) in [6, 6.07) is -0.136. The van der Waals surface area contributed by atoms with E-state index in [4.69, 9.17) is 40.5 Å². The van der Waals surface area contributed by atoms with Crippen molar-refractivity contribution in [3.05, 3.63) is 27.0 Å². The van der Waals surface area contributed by atoms with Crippen molar-refractivity contribution in [1.29, 1.82) is 0 Å². The van der Waals surface area contributed by atoms with Gasteiger partial charge in [0.05, 0.1) is 10.0 Å². The Labute approximate surface area is 110 Å². The summed E-state index contributed by atoms with van der Waals surface area (Å²) < 4.78 is 0. The fourth-order valence-corrected chi connectivity index (χ4v) is 3.06. The minimum absolute atomic E-state index is 0.136. The molecule has 5 heteroatoms. The van der Waals surface area contributed by atoms with Gasteiger partial charge in [0, 0.05) is 17.8 Å². The lowest BCUT2D eigenvalue weighted by molar-refractivity contribution is 0.445.